The summed E-state index contributed by atoms with van der Waals surface area (Å²) in [6, 6.07) is 9.47. The van der Waals surface area contributed by atoms with Crippen molar-refractivity contribution in [1.82, 2.24) is 52.2 Å². The number of carboxylic acid groups (broad SMARTS) is 12. The minimum absolute atomic E-state index is 0. The van der Waals surface area contributed by atoms with E-state index in [0.717, 1.165) is 65.2 Å². The summed E-state index contributed by atoms with van der Waals surface area (Å²) in [6.07, 6.45) is 2.96. The number of thiol groups is 2. The van der Waals surface area contributed by atoms with Crippen LogP contribution in [-0.2, 0) is 115 Å². The first-order chi connectivity index (χ1) is 64.6. The molecule has 140 heavy (non-hydrogen) atoms. The molecule has 3 rings (SSSR count). The van der Waals surface area contributed by atoms with E-state index < -0.39 is 211 Å². The fraction of sp³-hybridized carbons (Fsp3) is 0.519. The van der Waals surface area contributed by atoms with Crippen LogP contribution < -0.4 is 54.4 Å². The zero-order chi connectivity index (χ0) is 106. The Bertz CT molecular complexity index is 4400. The van der Waals surface area contributed by atoms with Gasteiger partial charge in [-0.15, -0.1) is 0 Å². The molecular formula is C81H121N13O36S10. The van der Waals surface area contributed by atoms with Gasteiger partial charge in [-0.1, -0.05) is 87.0 Å². The average Bonchev–Trinajstić information content (AvgIpc) is 0.912. The van der Waals surface area contributed by atoms with Gasteiger partial charge in [0.1, 0.15) is 94.1 Å². The second kappa shape index (κ2) is 83.9. The maximum absolute atomic E-state index is 12.4. The van der Waals surface area contributed by atoms with E-state index >= 15 is 0 Å². The zero-order valence-corrected chi connectivity index (χ0v) is 83.0. The summed E-state index contributed by atoms with van der Waals surface area (Å²) in [4.78, 5) is 279. The molecule has 0 saturated heterocycles. The summed E-state index contributed by atoms with van der Waals surface area (Å²) in [5.41, 5.74) is 16.0. The van der Waals surface area contributed by atoms with E-state index in [2.05, 4.69) is 77.4 Å². The van der Waals surface area contributed by atoms with Crippen molar-refractivity contribution in [3.8, 4) is 0 Å². The Morgan fingerprint density at radius 2 is 0.643 bits per heavy atom. The molecule has 3 aromatic heterocycles. The van der Waals surface area contributed by atoms with Crippen molar-refractivity contribution in [3.63, 3.8) is 0 Å². The van der Waals surface area contributed by atoms with Crippen LogP contribution in [0.4, 0.5) is 0 Å². The molecule has 49 nitrogen and oxygen atoms in total. The van der Waals surface area contributed by atoms with Gasteiger partial charge in [-0.05, 0) is 101 Å². The predicted octanol–water partition coefficient (Wildman–Crippen LogP) is 3.08. The Labute approximate surface area is 847 Å². The molecule has 0 spiro atoms. The number of nitrogens with two attached hydrogens (primary N) is 3. The number of carboxylic acids is 12. The Morgan fingerprint density at radius 1 is 0.329 bits per heavy atom. The maximum Gasteiger partial charge on any atom is 0.327 e. The molecule has 7 amide bonds. The Hall–Kier alpha value is -10.9. The molecule has 0 aliphatic heterocycles. The topological polar surface area (TPSA) is 853 Å². The highest BCUT2D eigenvalue weighted by atomic mass is 33.1. The summed E-state index contributed by atoms with van der Waals surface area (Å²) in [6.45, 7) is 4.24. The number of amides is 7. The van der Waals surface area contributed by atoms with Gasteiger partial charge in [-0.3, -0.25) is 95.9 Å². The number of Topliss-reactive ketones (excluding diaryl/α,β-unsaturated/α-hetero) is 5. The first-order valence-electron chi connectivity index (χ1n) is 40.1. The molecule has 11 atom stereocenters. The molecule has 0 radical (unpaired) electrons. The number of hydrogen-bond donors (Lipinski definition) is 24. The molecule has 11 unspecified atom stereocenters. The van der Waals surface area contributed by atoms with Gasteiger partial charge < -0.3 is 120 Å². The van der Waals surface area contributed by atoms with Crippen LogP contribution in [0.1, 0.15) is 139 Å². The first-order valence-corrected chi connectivity index (χ1v) is 50.8. The SMILES string of the molecule is C.C.CC(=O)CC(CCC(=O)NC(CSSCC(NC(C)=O)C(=O)O)C(=O)CCC(=O)O)C(=O)O.CC(=O)NC(CS)C(=O)O.CC(=O)NC(CSSCC(CC(=O)CCC(N)C(=O)O)C(=O)NCC(=O)O)C(=O)O.CC(=O)O.NC(CCC(=O)CC(CS)C(=O)NCC(=O)O)C(=O)O.NC(CCC(=O)CC(CSSc1ccccn1)C(=O)NCC(=O)O)C(=O)O.c1ccc(SSc2ccccn2)nc1. The number of hydrogen-bond acceptors (Lipinski definition) is 40. The van der Waals surface area contributed by atoms with Crippen molar-refractivity contribution in [2.24, 2.45) is 40.9 Å². The molecule has 59 heteroatoms. The van der Waals surface area contributed by atoms with Gasteiger partial charge in [0.05, 0.1) is 36.1 Å². The highest BCUT2D eigenvalue weighted by Crippen LogP contribution is 2.35. The lowest BCUT2D eigenvalue weighted by Gasteiger charge is -2.18. The summed E-state index contributed by atoms with van der Waals surface area (Å²) in [7, 11) is 10.2. The standard InChI is InChI=1S/C19H28N2O10S2.C16H25N3O9S2.C16H21N3O6S2.C11H18N2O6S.C10H8N2S2.C5H9NO3S.C2H4O2.2CH4/c1-10(22)7-12(18(28)29)3-5-16(25)21-13(15(24)4-6-17(26)27)8-32-33-9-14(19(30)31)20-11(2)23;1-8(20)19-12(16(27)28)7-30-29-6-9(14(24)18-5-13(22)23)4-10(21)2-3-11(17)15(25)26;17-12(16(24)25)5-4-11(20)7-10(15(23)19-8-14(21)22)9-26-27-13-3-1-2-6-18-13;12-8(11(18)19)2-1-7(14)3-6(5-20)10(17)13-4-9(15)16;1-3-7-11-9(5-1)13-14-10-6-2-4-8-12-10;1-3(7)6-4(2-10)5(8)9;1-2(3)4;;/h12-14H,3-9H2,1-2H3,(H,20,23)(H,21,25)(H,26,27)(H,28,29)(H,30,31);9,11-12H,2-7,17H2,1H3,(H,18,24)(H,19,20)(H,22,23)(H,25,26)(H,27,28);1-3,6,10,12H,4-5,7-9,17H2,(H,19,23)(H,21,22)(H,24,25);6,8,20H,1-5,12H2,(H,13,17)(H,15,16)(H,18,19);1-8H;4,10H,2H2,1H3,(H,6,7)(H,8,9);1H3,(H,3,4);2*1H4. The van der Waals surface area contributed by atoms with E-state index in [9.17, 15) is 110 Å². The second-order valence-electron chi connectivity index (χ2n) is 27.9. The van der Waals surface area contributed by atoms with Gasteiger partial charge in [0.2, 0.25) is 41.4 Å². The lowest BCUT2D eigenvalue weighted by atomic mass is 9.97. The van der Waals surface area contributed by atoms with Crippen molar-refractivity contribution in [1.29, 1.82) is 0 Å². The number of ketones is 5. The number of nitrogens with zero attached hydrogens (tertiary/aromatic N) is 3. The third-order valence-electron chi connectivity index (χ3n) is 16.0. The van der Waals surface area contributed by atoms with E-state index in [1.165, 1.54) is 49.3 Å². The summed E-state index contributed by atoms with van der Waals surface area (Å²) >= 11 is 7.67. The lowest BCUT2D eigenvalue weighted by molar-refractivity contribution is -0.144. The Morgan fingerprint density at radius 3 is 0.921 bits per heavy atom. The van der Waals surface area contributed by atoms with E-state index in [0.29, 0.717) is 0 Å². The molecule has 0 fully saturated rings. The van der Waals surface area contributed by atoms with Gasteiger partial charge in [-0.2, -0.15) is 25.3 Å². The summed E-state index contributed by atoms with van der Waals surface area (Å²) < 4.78 is 0. The molecular weight excluding hydrogens is 2050 g/mol. The van der Waals surface area contributed by atoms with Crippen molar-refractivity contribution < 1.29 is 176 Å². The predicted molar refractivity (Wildman–Crippen MR) is 528 cm³/mol. The van der Waals surface area contributed by atoms with Crippen LogP contribution in [0.3, 0.4) is 0 Å². The Kier molecular flexibility index (Phi) is 83.7. The van der Waals surface area contributed by atoms with Crippen molar-refractivity contribution in [3.05, 3.63) is 73.2 Å². The van der Waals surface area contributed by atoms with Crippen LogP contribution in [0.25, 0.3) is 0 Å². The minimum atomic E-state index is -1.26. The number of rotatable bonds is 63. The van der Waals surface area contributed by atoms with Crippen LogP contribution in [0.5, 0.6) is 0 Å². The molecule has 786 valence electrons. The minimum Gasteiger partial charge on any atom is -0.481 e. The maximum atomic E-state index is 12.4. The normalized spacial score (nSPS) is 12.4. The van der Waals surface area contributed by atoms with Crippen LogP contribution in [0.15, 0.2) is 88.3 Å². The monoisotopic (exact) mass is 2170 g/mol. The number of carbonyl (C=O) groups excluding carboxylic acids is 12. The Balaban J connectivity index is -0.000000392. The van der Waals surface area contributed by atoms with Gasteiger partial charge in [0.15, 0.2) is 5.78 Å². The third kappa shape index (κ3) is 80.9. The fourth-order valence-electron chi connectivity index (χ4n) is 9.12. The molecule has 25 N–H and O–H groups in total. The number of aliphatic carboxylic acids is 12. The largest absolute Gasteiger partial charge is 0.481 e. The quantitative estimate of drug-likeness (QED) is 0.0219. The highest BCUT2D eigenvalue weighted by molar-refractivity contribution is 8.77. The molecule has 0 saturated carbocycles. The van der Waals surface area contributed by atoms with Gasteiger partial charge in [0, 0.05) is 144 Å². The molecule has 0 aromatic carbocycles. The smallest absolute Gasteiger partial charge is 0.327 e. The molecule has 0 aliphatic rings. The number of carbonyl (C=O) groups is 24. The van der Waals surface area contributed by atoms with E-state index in [4.69, 9.17) is 83.3 Å². The summed E-state index contributed by atoms with van der Waals surface area (Å²) in [5.74, 6) is -22.7. The zero-order valence-electron chi connectivity index (χ0n) is 74.6. The summed E-state index contributed by atoms with van der Waals surface area (Å²) in [5, 5.41) is 122. The molecule has 0 bridgehead atoms. The molecule has 0 aliphatic carbocycles. The molecule has 3 aromatic rings. The van der Waals surface area contributed by atoms with Gasteiger partial charge >= 0.3 is 65.7 Å². The van der Waals surface area contributed by atoms with Crippen LogP contribution in [0.2, 0.25) is 0 Å². The van der Waals surface area contributed by atoms with E-state index in [-0.39, 0.29) is 162 Å². The third-order valence-corrected chi connectivity index (χ3v) is 26.2. The second-order valence-corrected chi connectivity index (χ2v) is 38.3. The highest BCUT2D eigenvalue weighted by Gasteiger charge is 2.31. The fourth-order valence-corrected chi connectivity index (χ4v) is 18.4. The van der Waals surface area contributed by atoms with Crippen LogP contribution in [0, 0.1) is 23.7 Å². The van der Waals surface area contributed by atoms with Crippen LogP contribution >= 0.6 is 112 Å². The van der Waals surface area contributed by atoms with E-state index in [1.54, 1.807) is 52.3 Å². The number of aromatic nitrogens is 3. The van der Waals surface area contributed by atoms with Crippen molar-refractivity contribution in [2.45, 2.75) is 197 Å². The van der Waals surface area contributed by atoms with Gasteiger partial charge in [0.25, 0.3) is 5.97 Å². The number of pyridine rings is 3. The first kappa shape index (κ1) is 140. The van der Waals surface area contributed by atoms with E-state index in [1.807, 2.05) is 42.5 Å². The van der Waals surface area contributed by atoms with Gasteiger partial charge in [-0.25, -0.2) is 29.3 Å². The van der Waals surface area contributed by atoms with Crippen molar-refractivity contribution in [2.75, 3.05) is 59.9 Å². The lowest BCUT2D eigenvalue weighted by Crippen LogP contribution is -2.43. The van der Waals surface area contributed by atoms with Crippen LogP contribution in [-0.4, -0.2) is 320 Å². The number of nitrogens with one attached hydrogen (secondary N) is 7. The van der Waals surface area contributed by atoms with Crippen molar-refractivity contribution >= 4 is 254 Å². The molecule has 3 heterocycles. The average molecular weight is 2170 g/mol.